The Kier molecular flexibility index (Phi) is 8.07. The highest BCUT2D eigenvalue weighted by atomic mass is 15.1. The maximum absolute atomic E-state index is 5.86. The molecule has 2 N–H and O–H groups in total. The summed E-state index contributed by atoms with van der Waals surface area (Å²) in [5.41, 5.74) is 5.86. The van der Waals surface area contributed by atoms with E-state index in [1.807, 2.05) is 0 Å². The van der Waals surface area contributed by atoms with E-state index < -0.39 is 0 Å². The van der Waals surface area contributed by atoms with Gasteiger partial charge in [0.05, 0.1) is 0 Å². The van der Waals surface area contributed by atoms with Gasteiger partial charge in [-0.15, -0.1) is 0 Å². The second kappa shape index (κ2) is 8.12. The lowest BCUT2D eigenvalue weighted by Crippen LogP contribution is -2.37. The molecule has 0 fully saturated rings. The van der Waals surface area contributed by atoms with Crippen molar-refractivity contribution >= 4 is 0 Å². The molecule has 0 unspecified atom stereocenters. The standard InChI is InChI=1S/C13H30N2/c1-11(2)6-8-15(10-13(5)14)9-7-12(3)4/h11-13H,6-10,14H2,1-5H3/t13-/m0/s1. The van der Waals surface area contributed by atoms with Gasteiger partial charge in [-0.2, -0.15) is 0 Å². The summed E-state index contributed by atoms with van der Waals surface area (Å²) < 4.78 is 0. The van der Waals surface area contributed by atoms with Gasteiger partial charge in [-0.1, -0.05) is 27.7 Å². The third-order valence-corrected chi connectivity index (χ3v) is 2.59. The van der Waals surface area contributed by atoms with E-state index in [-0.39, 0.29) is 0 Å². The number of hydrogen-bond acceptors (Lipinski definition) is 2. The van der Waals surface area contributed by atoms with Crippen LogP contribution in [0.5, 0.6) is 0 Å². The van der Waals surface area contributed by atoms with Crippen molar-refractivity contribution in [2.24, 2.45) is 17.6 Å². The first kappa shape index (κ1) is 14.9. The minimum atomic E-state index is 0.296. The molecule has 0 aromatic heterocycles. The molecule has 0 aliphatic rings. The summed E-state index contributed by atoms with van der Waals surface area (Å²) >= 11 is 0. The van der Waals surface area contributed by atoms with Crippen LogP contribution in [0.1, 0.15) is 47.5 Å². The molecule has 0 aliphatic heterocycles. The third kappa shape index (κ3) is 10.2. The van der Waals surface area contributed by atoms with E-state index in [0.29, 0.717) is 6.04 Å². The number of hydrogen-bond donors (Lipinski definition) is 1. The lowest BCUT2D eigenvalue weighted by Gasteiger charge is -2.25. The Balaban J connectivity index is 3.84. The second-order valence-electron chi connectivity index (χ2n) is 5.64. The summed E-state index contributed by atoms with van der Waals surface area (Å²) in [6.07, 6.45) is 2.57. The lowest BCUT2D eigenvalue weighted by molar-refractivity contribution is 0.233. The Morgan fingerprint density at radius 2 is 1.27 bits per heavy atom. The van der Waals surface area contributed by atoms with Crippen molar-refractivity contribution in [3.63, 3.8) is 0 Å². The van der Waals surface area contributed by atoms with Crippen molar-refractivity contribution in [2.45, 2.75) is 53.5 Å². The zero-order chi connectivity index (χ0) is 11.8. The Hall–Kier alpha value is -0.0800. The monoisotopic (exact) mass is 214 g/mol. The van der Waals surface area contributed by atoms with E-state index in [0.717, 1.165) is 18.4 Å². The van der Waals surface area contributed by atoms with Crippen LogP contribution in [0, 0.1) is 11.8 Å². The molecule has 0 bridgehead atoms. The van der Waals surface area contributed by atoms with Crippen LogP contribution in [0.25, 0.3) is 0 Å². The summed E-state index contributed by atoms with van der Waals surface area (Å²) in [5, 5.41) is 0. The van der Waals surface area contributed by atoms with Crippen LogP contribution in [0.15, 0.2) is 0 Å². The minimum absolute atomic E-state index is 0.296. The molecule has 0 aromatic carbocycles. The number of nitrogens with two attached hydrogens (primary N) is 1. The molecule has 0 heterocycles. The minimum Gasteiger partial charge on any atom is -0.327 e. The average Bonchev–Trinajstić information content (AvgIpc) is 2.08. The van der Waals surface area contributed by atoms with Crippen molar-refractivity contribution < 1.29 is 0 Å². The summed E-state index contributed by atoms with van der Waals surface area (Å²) in [4.78, 5) is 2.52. The van der Waals surface area contributed by atoms with Crippen molar-refractivity contribution in [2.75, 3.05) is 19.6 Å². The molecule has 2 nitrogen and oxygen atoms in total. The van der Waals surface area contributed by atoms with Gasteiger partial charge in [0.1, 0.15) is 0 Å². The quantitative estimate of drug-likeness (QED) is 0.673. The highest BCUT2D eigenvalue weighted by Gasteiger charge is 2.08. The SMILES string of the molecule is CC(C)CCN(CCC(C)C)C[C@H](C)N. The summed E-state index contributed by atoms with van der Waals surface area (Å²) in [5.74, 6) is 1.58. The Morgan fingerprint density at radius 3 is 1.53 bits per heavy atom. The fourth-order valence-electron chi connectivity index (χ4n) is 1.58. The summed E-state index contributed by atoms with van der Waals surface area (Å²) in [7, 11) is 0. The average molecular weight is 214 g/mol. The molecular weight excluding hydrogens is 184 g/mol. The lowest BCUT2D eigenvalue weighted by atomic mass is 10.1. The maximum atomic E-state index is 5.86. The third-order valence-electron chi connectivity index (χ3n) is 2.59. The molecule has 0 amide bonds. The van der Waals surface area contributed by atoms with Crippen LogP contribution in [0.4, 0.5) is 0 Å². The topological polar surface area (TPSA) is 29.3 Å². The van der Waals surface area contributed by atoms with Gasteiger partial charge in [0, 0.05) is 12.6 Å². The Bertz CT molecular complexity index is 129. The van der Waals surface area contributed by atoms with Crippen LogP contribution >= 0.6 is 0 Å². The molecule has 1 atom stereocenters. The number of rotatable bonds is 8. The molecular formula is C13H30N2. The Morgan fingerprint density at radius 1 is 0.867 bits per heavy atom. The zero-order valence-corrected chi connectivity index (χ0v) is 11.3. The van der Waals surface area contributed by atoms with E-state index in [1.54, 1.807) is 0 Å². The molecule has 15 heavy (non-hydrogen) atoms. The van der Waals surface area contributed by atoms with Crippen LogP contribution in [-0.2, 0) is 0 Å². The molecule has 0 aliphatic carbocycles. The van der Waals surface area contributed by atoms with Crippen LogP contribution in [0.3, 0.4) is 0 Å². The van der Waals surface area contributed by atoms with Crippen LogP contribution in [0.2, 0.25) is 0 Å². The van der Waals surface area contributed by atoms with Crippen molar-refractivity contribution in [1.82, 2.24) is 4.90 Å². The van der Waals surface area contributed by atoms with Gasteiger partial charge in [-0.25, -0.2) is 0 Å². The van der Waals surface area contributed by atoms with Crippen LogP contribution in [-0.4, -0.2) is 30.6 Å². The molecule has 0 saturated heterocycles. The molecule has 0 spiro atoms. The molecule has 92 valence electrons. The van der Waals surface area contributed by atoms with Crippen molar-refractivity contribution in [3.8, 4) is 0 Å². The molecule has 0 aromatic rings. The first-order valence-electron chi connectivity index (χ1n) is 6.39. The first-order chi connectivity index (χ1) is 6.91. The predicted molar refractivity (Wildman–Crippen MR) is 69.0 cm³/mol. The molecule has 2 heteroatoms. The largest absolute Gasteiger partial charge is 0.327 e. The van der Waals surface area contributed by atoms with Crippen LogP contribution < -0.4 is 5.73 Å². The number of nitrogens with zero attached hydrogens (tertiary/aromatic N) is 1. The van der Waals surface area contributed by atoms with Crippen molar-refractivity contribution in [3.05, 3.63) is 0 Å². The van der Waals surface area contributed by atoms with Gasteiger partial charge in [-0.3, -0.25) is 0 Å². The highest BCUT2D eigenvalue weighted by molar-refractivity contribution is 4.66. The van der Waals surface area contributed by atoms with Gasteiger partial charge < -0.3 is 10.6 Å². The second-order valence-corrected chi connectivity index (χ2v) is 5.64. The molecule has 0 rings (SSSR count). The van der Waals surface area contributed by atoms with Gasteiger partial charge in [-0.05, 0) is 44.7 Å². The molecule has 0 radical (unpaired) electrons. The van der Waals surface area contributed by atoms with E-state index >= 15 is 0 Å². The van der Waals surface area contributed by atoms with Gasteiger partial charge in [0.2, 0.25) is 0 Å². The summed E-state index contributed by atoms with van der Waals surface area (Å²) in [6.45, 7) is 14.7. The van der Waals surface area contributed by atoms with E-state index in [4.69, 9.17) is 5.73 Å². The smallest absolute Gasteiger partial charge is 0.0139 e. The fourth-order valence-corrected chi connectivity index (χ4v) is 1.58. The molecule has 0 saturated carbocycles. The summed E-state index contributed by atoms with van der Waals surface area (Å²) in [6, 6.07) is 0.296. The Labute approximate surface area is 96.2 Å². The first-order valence-corrected chi connectivity index (χ1v) is 6.39. The normalized spacial score (nSPS) is 14.2. The zero-order valence-electron chi connectivity index (χ0n) is 11.3. The van der Waals surface area contributed by atoms with E-state index in [9.17, 15) is 0 Å². The van der Waals surface area contributed by atoms with Gasteiger partial charge >= 0.3 is 0 Å². The fraction of sp³-hybridized carbons (Fsp3) is 1.00. The van der Waals surface area contributed by atoms with Gasteiger partial charge in [0.25, 0.3) is 0 Å². The van der Waals surface area contributed by atoms with Crippen molar-refractivity contribution in [1.29, 1.82) is 0 Å². The predicted octanol–water partition coefficient (Wildman–Crippen LogP) is 2.73. The van der Waals surface area contributed by atoms with E-state index in [2.05, 4.69) is 39.5 Å². The van der Waals surface area contributed by atoms with E-state index in [1.165, 1.54) is 25.9 Å². The maximum Gasteiger partial charge on any atom is 0.0139 e. The highest BCUT2D eigenvalue weighted by Crippen LogP contribution is 2.06. The van der Waals surface area contributed by atoms with Gasteiger partial charge in [0.15, 0.2) is 0 Å².